The quantitative estimate of drug-likeness (QED) is 0.447. The fourth-order valence-electron chi connectivity index (χ4n) is 3.17. The van der Waals surface area contributed by atoms with Crippen molar-refractivity contribution in [2.45, 2.75) is 36.8 Å². The zero-order valence-corrected chi connectivity index (χ0v) is 16.8. The van der Waals surface area contributed by atoms with E-state index in [2.05, 4.69) is 38.1 Å². The number of carboxylic acid groups (broad SMARTS) is 1. The number of alkyl halides is 2. The minimum atomic E-state index is -2.96. The van der Waals surface area contributed by atoms with E-state index in [9.17, 15) is 27.5 Å². The van der Waals surface area contributed by atoms with E-state index in [1.165, 1.54) is 12.1 Å². The fraction of sp³-hybridized carbons (Fsp3) is 0.300. The Hall–Kier alpha value is -2.64. The third kappa shape index (κ3) is 5.49. The summed E-state index contributed by atoms with van der Waals surface area (Å²) < 4.78 is 53.4. The lowest BCUT2D eigenvalue weighted by atomic mass is 9.77. The number of rotatable bonds is 4. The van der Waals surface area contributed by atoms with Gasteiger partial charge in [0.1, 0.15) is 22.9 Å². The summed E-state index contributed by atoms with van der Waals surface area (Å²) >= 11 is 3.25. The van der Waals surface area contributed by atoms with Gasteiger partial charge >= 0.3 is 6.09 Å². The Kier molecular flexibility index (Phi) is 6.06. The molecule has 1 atom stereocenters. The molecular formula is C20H15BrF4N2O3. The second-order valence-electron chi connectivity index (χ2n) is 7.04. The number of amides is 1. The molecule has 1 unspecified atom stereocenters. The zero-order chi connectivity index (χ0) is 22.1. The van der Waals surface area contributed by atoms with Gasteiger partial charge in [-0.2, -0.15) is 0 Å². The van der Waals surface area contributed by atoms with E-state index in [1.807, 2.05) is 0 Å². The summed E-state index contributed by atoms with van der Waals surface area (Å²) in [6.45, 7) is 0. The molecule has 1 saturated carbocycles. The average molecular weight is 487 g/mol. The molecule has 0 aliphatic heterocycles. The smallest absolute Gasteiger partial charge is 0.405 e. The highest BCUT2D eigenvalue weighted by Crippen LogP contribution is 2.45. The van der Waals surface area contributed by atoms with Crippen LogP contribution in [0.2, 0.25) is 0 Å². The highest BCUT2D eigenvalue weighted by molar-refractivity contribution is 9.10. The Balaban J connectivity index is 1.90. The lowest BCUT2D eigenvalue weighted by Gasteiger charge is -2.39. The maximum Gasteiger partial charge on any atom is 0.405 e. The summed E-state index contributed by atoms with van der Waals surface area (Å²) in [4.78, 5) is 15.5. The fourth-order valence-corrected chi connectivity index (χ4v) is 3.67. The first-order valence-corrected chi connectivity index (χ1v) is 9.48. The maximum absolute atomic E-state index is 13.5. The summed E-state index contributed by atoms with van der Waals surface area (Å²) in [7, 11) is 0. The Bertz CT molecular complexity index is 1020. The van der Waals surface area contributed by atoms with Gasteiger partial charge in [0.2, 0.25) is 0 Å². The van der Waals surface area contributed by atoms with Crippen LogP contribution in [0.3, 0.4) is 0 Å². The van der Waals surface area contributed by atoms with E-state index in [-0.39, 0.29) is 23.4 Å². The third-order valence-corrected chi connectivity index (χ3v) is 5.06. The molecule has 0 radical (unpaired) electrons. The highest BCUT2D eigenvalue weighted by Gasteiger charge is 2.55. The number of aromatic nitrogens is 1. The molecule has 1 aromatic carbocycles. The van der Waals surface area contributed by atoms with Crippen molar-refractivity contribution in [2.24, 2.45) is 0 Å². The van der Waals surface area contributed by atoms with Crippen LogP contribution in [0, 0.1) is 23.5 Å². The second kappa shape index (κ2) is 8.24. The molecule has 1 fully saturated rings. The molecule has 3 N–H and O–H groups in total. The highest BCUT2D eigenvalue weighted by atomic mass is 79.9. The van der Waals surface area contributed by atoms with Crippen LogP contribution in [-0.4, -0.2) is 32.8 Å². The van der Waals surface area contributed by atoms with Crippen LogP contribution in [-0.2, 0) is 6.42 Å². The van der Waals surface area contributed by atoms with E-state index in [1.54, 1.807) is 0 Å². The van der Waals surface area contributed by atoms with Gasteiger partial charge < -0.3 is 15.5 Å². The molecule has 3 rings (SSSR count). The van der Waals surface area contributed by atoms with E-state index >= 15 is 0 Å². The predicted molar refractivity (Wildman–Crippen MR) is 102 cm³/mol. The zero-order valence-electron chi connectivity index (χ0n) is 15.2. The molecule has 10 heteroatoms. The van der Waals surface area contributed by atoms with Crippen LogP contribution in [0.4, 0.5) is 22.4 Å². The molecule has 158 valence electrons. The molecule has 1 aliphatic carbocycles. The van der Waals surface area contributed by atoms with Gasteiger partial charge in [-0.25, -0.2) is 27.3 Å². The third-order valence-electron chi connectivity index (χ3n) is 4.39. The van der Waals surface area contributed by atoms with Crippen molar-refractivity contribution in [3.8, 4) is 11.8 Å². The summed E-state index contributed by atoms with van der Waals surface area (Å²) in [6, 6.07) is 4.83. The van der Waals surface area contributed by atoms with Gasteiger partial charge in [0, 0.05) is 10.5 Å². The molecule has 0 bridgehead atoms. The van der Waals surface area contributed by atoms with Crippen LogP contribution in [0.5, 0.6) is 0 Å². The first-order chi connectivity index (χ1) is 13.9. The van der Waals surface area contributed by atoms with Gasteiger partial charge in [-0.1, -0.05) is 5.92 Å². The molecule has 1 aromatic heterocycles. The lowest BCUT2D eigenvalue weighted by molar-refractivity contribution is -0.176. The van der Waals surface area contributed by atoms with Gasteiger partial charge in [0.05, 0.1) is 24.6 Å². The molecule has 30 heavy (non-hydrogen) atoms. The lowest BCUT2D eigenvalue weighted by Crippen LogP contribution is -2.50. The van der Waals surface area contributed by atoms with Gasteiger partial charge in [-0.15, -0.1) is 0 Å². The number of nitrogens with one attached hydrogen (secondary N) is 1. The van der Waals surface area contributed by atoms with E-state index in [0.717, 1.165) is 12.1 Å². The standard InChI is InChI=1S/C20H15BrF4N2O3/c21-15-2-1-14(3-4-19(30)9-20(24,25)10-19)26-17(15)16(27-18(28)29)7-11-5-12(22)8-13(23)6-11/h1-2,5-6,8,16,27,30H,7,9-10H2,(H,28,29). The minimum Gasteiger partial charge on any atom is -0.465 e. The summed E-state index contributed by atoms with van der Waals surface area (Å²) in [6.07, 6.45) is -3.04. The second-order valence-corrected chi connectivity index (χ2v) is 7.89. The molecular weight excluding hydrogens is 472 g/mol. The van der Waals surface area contributed by atoms with Crippen molar-refractivity contribution < 1.29 is 32.6 Å². The van der Waals surface area contributed by atoms with Crippen molar-refractivity contribution in [1.82, 2.24) is 10.3 Å². The molecule has 1 amide bonds. The van der Waals surface area contributed by atoms with Crippen molar-refractivity contribution in [1.29, 1.82) is 0 Å². The van der Waals surface area contributed by atoms with Crippen molar-refractivity contribution in [3.05, 3.63) is 63.4 Å². The maximum atomic E-state index is 13.5. The average Bonchev–Trinajstić information content (AvgIpc) is 2.57. The topological polar surface area (TPSA) is 82.5 Å². The number of pyridine rings is 1. The number of carbonyl (C=O) groups is 1. The van der Waals surface area contributed by atoms with E-state index in [0.29, 0.717) is 10.5 Å². The summed E-state index contributed by atoms with van der Waals surface area (Å²) in [5.74, 6) is 0.315. The van der Waals surface area contributed by atoms with Crippen LogP contribution in [0.25, 0.3) is 0 Å². The molecule has 2 aromatic rings. The number of hydrogen-bond acceptors (Lipinski definition) is 3. The van der Waals surface area contributed by atoms with Crippen molar-refractivity contribution >= 4 is 22.0 Å². The summed E-state index contributed by atoms with van der Waals surface area (Å²) in [5.41, 5.74) is -1.32. The first-order valence-electron chi connectivity index (χ1n) is 8.69. The number of benzene rings is 1. The molecule has 0 spiro atoms. The Morgan fingerprint density at radius 3 is 2.43 bits per heavy atom. The number of aliphatic hydroxyl groups is 1. The van der Waals surface area contributed by atoms with Crippen molar-refractivity contribution in [2.75, 3.05) is 0 Å². The Labute approximate surface area is 177 Å². The number of hydrogen-bond donors (Lipinski definition) is 3. The first kappa shape index (κ1) is 22.1. The van der Waals surface area contributed by atoms with Crippen LogP contribution < -0.4 is 5.32 Å². The van der Waals surface area contributed by atoms with Crippen LogP contribution in [0.15, 0.2) is 34.8 Å². The van der Waals surface area contributed by atoms with Gasteiger partial charge in [0.15, 0.2) is 0 Å². The summed E-state index contributed by atoms with van der Waals surface area (Å²) in [5, 5.41) is 21.4. The normalized spacial score (nSPS) is 17.3. The molecule has 1 heterocycles. The van der Waals surface area contributed by atoms with E-state index < -0.39 is 48.1 Å². The molecule has 5 nitrogen and oxygen atoms in total. The molecule has 1 aliphatic rings. The van der Waals surface area contributed by atoms with Crippen molar-refractivity contribution in [3.63, 3.8) is 0 Å². The monoisotopic (exact) mass is 486 g/mol. The molecule has 0 saturated heterocycles. The largest absolute Gasteiger partial charge is 0.465 e. The van der Waals surface area contributed by atoms with Crippen LogP contribution in [0.1, 0.15) is 35.8 Å². The SMILES string of the molecule is O=C(O)NC(Cc1cc(F)cc(F)c1)c1nc(C#CC2(O)CC(F)(F)C2)ccc1Br. The van der Waals surface area contributed by atoms with Gasteiger partial charge in [-0.3, -0.25) is 0 Å². The van der Waals surface area contributed by atoms with Crippen LogP contribution >= 0.6 is 15.9 Å². The van der Waals surface area contributed by atoms with Gasteiger partial charge in [-0.05, 0) is 58.1 Å². The van der Waals surface area contributed by atoms with E-state index in [4.69, 9.17) is 5.11 Å². The number of nitrogens with zero attached hydrogens (tertiary/aromatic N) is 1. The Morgan fingerprint density at radius 1 is 1.23 bits per heavy atom. The number of halogens is 5. The van der Waals surface area contributed by atoms with Gasteiger partial charge in [0.25, 0.3) is 5.92 Å². The minimum absolute atomic E-state index is 0.111. The Morgan fingerprint density at radius 2 is 1.87 bits per heavy atom. The predicted octanol–water partition coefficient (Wildman–Crippen LogP) is 4.19.